The predicted molar refractivity (Wildman–Crippen MR) is 67.9 cm³/mol. The Morgan fingerprint density at radius 3 is 3.00 bits per heavy atom. The van der Waals surface area contributed by atoms with Gasteiger partial charge >= 0.3 is 0 Å². The molecule has 2 rings (SSSR count). The molecule has 1 aliphatic rings. The normalized spacial score (nSPS) is 14.3. The molecule has 2 N–H and O–H groups in total. The van der Waals surface area contributed by atoms with Crippen LogP contribution in [0.1, 0.15) is 41.6 Å². The van der Waals surface area contributed by atoms with Gasteiger partial charge in [-0.1, -0.05) is 11.8 Å². The van der Waals surface area contributed by atoms with Crippen molar-refractivity contribution in [1.29, 1.82) is 0 Å². The molecule has 1 aromatic rings. The van der Waals surface area contributed by atoms with E-state index in [0.29, 0.717) is 23.6 Å². The van der Waals surface area contributed by atoms with Gasteiger partial charge < -0.3 is 10.4 Å². The maximum Gasteiger partial charge on any atom is 0.253 e. The van der Waals surface area contributed by atoms with Gasteiger partial charge in [0.15, 0.2) is 0 Å². The Morgan fingerprint density at radius 1 is 1.50 bits per heavy atom. The lowest BCUT2D eigenvalue weighted by Gasteiger charge is -2.26. The summed E-state index contributed by atoms with van der Waals surface area (Å²) in [5.74, 6) is 5.59. The Hall–Kier alpha value is -1.86. The third-order valence-corrected chi connectivity index (χ3v) is 2.91. The van der Waals surface area contributed by atoms with E-state index in [2.05, 4.69) is 22.1 Å². The third-order valence-electron chi connectivity index (χ3n) is 2.91. The highest BCUT2D eigenvalue weighted by Crippen LogP contribution is 2.18. The van der Waals surface area contributed by atoms with Crippen LogP contribution in [0.15, 0.2) is 18.5 Å². The van der Waals surface area contributed by atoms with Crippen LogP contribution in [0.5, 0.6) is 0 Å². The zero-order valence-corrected chi connectivity index (χ0v) is 10.1. The van der Waals surface area contributed by atoms with Crippen LogP contribution in [-0.4, -0.2) is 28.6 Å². The number of nitrogens with one attached hydrogen (secondary N) is 1. The fourth-order valence-electron chi connectivity index (χ4n) is 1.67. The Balaban J connectivity index is 2.02. The van der Waals surface area contributed by atoms with Crippen molar-refractivity contribution < 1.29 is 9.90 Å². The van der Waals surface area contributed by atoms with Crippen molar-refractivity contribution in [2.45, 2.75) is 31.7 Å². The summed E-state index contributed by atoms with van der Waals surface area (Å²) in [7, 11) is 0. The Bertz CT molecular complexity index is 484. The highest BCUT2D eigenvalue weighted by atomic mass is 16.2. The molecule has 0 radical (unpaired) electrons. The summed E-state index contributed by atoms with van der Waals surface area (Å²) in [5, 5.41) is 11.6. The molecule has 0 bridgehead atoms. The van der Waals surface area contributed by atoms with E-state index in [1.165, 1.54) is 6.42 Å². The molecular formula is C14H16N2O2. The Kier molecular flexibility index (Phi) is 4.32. The monoisotopic (exact) mass is 244 g/mol. The van der Waals surface area contributed by atoms with Crippen LogP contribution >= 0.6 is 0 Å². The highest BCUT2D eigenvalue weighted by Gasteiger charge is 2.20. The molecule has 1 fully saturated rings. The summed E-state index contributed by atoms with van der Waals surface area (Å²) < 4.78 is 0. The van der Waals surface area contributed by atoms with Crippen molar-refractivity contribution in [3.05, 3.63) is 29.6 Å². The summed E-state index contributed by atoms with van der Waals surface area (Å²) >= 11 is 0. The van der Waals surface area contributed by atoms with Gasteiger partial charge in [-0.2, -0.15) is 0 Å². The Labute approximate surface area is 106 Å². The van der Waals surface area contributed by atoms with E-state index >= 15 is 0 Å². The zero-order valence-electron chi connectivity index (χ0n) is 10.1. The molecule has 0 saturated heterocycles. The first-order valence-electron chi connectivity index (χ1n) is 6.15. The summed E-state index contributed by atoms with van der Waals surface area (Å²) in [5.41, 5.74) is 1.24. The van der Waals surface area contributed by atoms with Gasteiger partial charge in [-0.25, -0.2) is 0 Å². The van der Waals surface area contributed by atoms with Crippen molar-refractivity contribution in [3.8, 4) is 11.8 Å². The van der Waals surface area contributed by atoms with Crippen LogP contribution in [-0.2, 0) is 0 Å². The van der Waals surface area contributed by atoms with Crippen LogP contribution in [0, 0.1) is 11.8 Å². The lowest BCUT2D eigenvalue weighted by Crippen LogP contribution is -2.39. The van der Waals surface area contributed by atoms with Crippen LogP contribution in [0.25, 0.3) is 0 Å². The highest BCUT2D eigenvalue weighted by molar-refractivity contribution is 5.94. The number of pyridine rings is 1. The molecule has 0 aromatic carbocycles. The quantitative estimate of drug-likeness (QED) is 0.783. The SMILES string of the molecule is O=C(NC1CCC1)c1cncc(C#CCCO)c1. The predicted octanol–water partition coefficient (Wildman–Crippen LogP) is 1.10. The smallest absolute Gasteiger partial charge is 0.253 e. The van der Waals surface area contributed by atoms with Gasteiger partial charge in [0.2, 0.25) is 0 Å². The second-order valence-corrected chi connectivity index (χ2v) is 4.34. The van der Waals surface area contributed by atoms with E-state index in [0.717, 1.165) is 12.8 Å². The van der Waals surface area contributed by atoms with Crippen molar-refractivity contribution in [2.75, 3.05) is 6.61 Å². The largest absolute Gasteiger partial charge is 0.395 e. The molecule has 0 spiro atoms. The first kappa shape index (κ1) is 12.6. The minimum atomic E-state index is -0.0852. The third kappa shape index (κ3) is 3.31. The number of carbonyl (C=O) groups is 1. The number of aromatic nitrogens is 1. The van der Waals surface area contributed by atoms with Crippen molar-refractivity contribution in [1.82, 2.24) is 10.3 Å². The summed E-state index contributed by atoms with van der Waals surface area (Å²) in [6, 6.07) is 2.05. The number of hydrogen-bond donors (Lipinski definition) is 2. The number of amides is 1. The van der Waals surface area contributed by atoms with Gasteiger partial charge in [-0.15, -0.1) is 0 Å². The van der Waals surface area contributed by atoms with Crippen molar-refractivity contribution >= 4 is 5.91 Å². The fourth-order valence-corrected chi connectivity index (χ4v) is 1.67. The minimum absolute atomic E-state index is 0.0439. The summed E-state index contributed by atoms with van der Waals surface area (Å²) in [6.45, 7) is 0.0439. The van der Waals surface area contributed by atoms with E-state index in [-0.39, 0.29) is 12.5 Å². The summed E-state index contributed by atoms with van der Waals surface area (Å²) in [6.07, 6.45) is 6.91. The van der Waals surface area contributed by atoms with Crippen LogP contribution in [0.3, 0.4) is 0 Å². The molecule has 1 saturated carbocycles. The van der Waals surface area contributed by atoms with E-state index < -0.39 is 0 Å². The molecule has 1 aliphatic carbocycles. The van der Waals surface area contributed by atoms with E-state index in [1.54, 1.807) is 18.5 Å². The standard InChI is InChI=1S/C14H16N2O2/c17-7-2-1-4-11-8-12(10-15-9-11)14(18)16-13-5-3-6-13/h8-10,13,17H,2-3,5-7H2,(H,16,18). The molecule has 0 unspecified atom stereocenters. The number of aliphatic hydroxyl groups is 1. The number of carbonyl (C=O) groups excluding carboxylic acids is 1. The number of nitrogens with zero attached hydrogens (tertiary/aromatic N) is 1. The molecule has 4 nitrogen and oxygen atoms in total. The minimum Gasteiger partial charge on any atom is -0.395 e. The van der Waals surface area contributed by atoms with Crippen LogP contribution in [0.2, 0.25) is 0 Å². The van der Waals surface area contributed by atoms with Gasteiger partial charge in [-0.3, -0.25) is 9.78 Å². The van der Waals surface area contributed by atoms with E-state index in [9.17, 15) is 4.79 Å². The topological polar surface area (TPSA) is 62.2 Å². The van der Waals surface area contributed by atoms with Crippen LogP contribution in [0.4, 0.5) is 0 Å². The van der Waals surface area contributed by atoms with Gasteiger partial charge in [0, 0.05) is 30.4 Å². The molecule has 1 amide bonds. The lowest BCUT2D eigenvalue weighted by molar-refractivity contribution is 0.0916. The molecule has 18 heavy (non-hydrogen) atoms. The molecule has 1 heterocycles. The zero-order chi connectivity index (χ0) is 12.8. The van der Waals surface area contributed by atoms with Gasteiger partial charge in [0.25, 0.3) is 5.91 Å². The lowest BCUT2D eigenvalue weighted by atomic mass is 9.93. The molecule has 4 heteroatoms. The van der Waals surface area contributed by atoms with Crippen molar-refractivity contribution in [2.24, 2.45) is 0 Å². The summed E-state index contributed by atoms with van der Waals surface area (Å²) in [4.78, 5) is 15.9. The number of rotatable bonds is 3. The average molecular weight is 244 g/mol. The number of aliphatic hydroxyl groups excluding tert-OH is 1. The van der Waals surface area contributed by atoms with Gasteiger partial charge in [-0.05, 0) is 25.3 Å². The van der Waals surface area contributed by atoms with Crippen LogP contribution < -0.4 is 5.32 Å². The molecule has 94 valence electrons. The molecule has 0 aliphatic heterocycles. The Morgan fingerprint density at radius 2 is 2.33 bits per heavy atom. The van der Waals surface area contributed by atoms with Gasteiger partial charge in [0.1, 0.15) is 0 Å². The van der Waals surface area contributed by atoms with Gasteiger partial charge in [0.05, 0.1) is 12.2 Å². The van der Waals surface area contributed by atoms with E-state index in [4.69, 9.17) is 5.11 Å². The molecule has 0 atom stereocenters. The first-order chi connectivity index (χ1) is 8.79. The number of hydrogen-bond acceptors (Lipinski definition) is 3. The maximum atomic E-state index is 11.9. The molecular weight excluding hydrogens is 228 g/mol. The fraction of sp³-hybridized carbons (Fsp3) is 0.429. The van der Waals surface area contributed by atoms with Crippen molar-refractivity contribution in [3.63, 3.8) is 0 Å². The first-order valence-corrected chi connectivity index (χ1v) is 6.15. The van der Waals surface area contributed by atoms with E-state index in [1.807, 2.05) is 0 Å². The second-order valence-electron chi connectivity index (χ2n) is 4.34. The second kappa shape index (κ2) is 6.18. The maximum absolute atomic E-state index is 11.9. The molecule has 1 aromatic heterocycles. The average Bonchev–Trinajstić information content (AvgIpc) is 2.34.